The van der Waals surface area contributed by atoms with Crippen LogP contribution in [0.5, 0.6) is 17.2 Å². The summed E-state index contributed by atoms with van der Waals surface area (Å²) in [5.41, 5.74) is 2.08. The Labute approximate surface area is 163 Å². The van der Waals surface area contributed by atoms with Crippen LogP contribution in [0.25, 0.3) is 0 Å². The van der Waals surface area contributed by atoms with Crippen molar-refractivity contribution in [2.75, 3.05) is 39.5 Å². The van der Waals surface area contributed by atoms with Crippen LogP contribution in [0.15, 0.2) is 36.4 Å². The molecule has 2 aromatic rings. The molecule has 0 aromatic heterocycles. The third-order valence-electron chi connectivity index (χ3n) is 6.18. The van der Waals surface area contributed by atoms with E-state index in [-0.39, 0.29) is 18.4 Å². The number of nitrogens with zero attached hydrogens (tertiary/aromatic N) is 1. The van der Waals surface area contributed by atoms with Gasteiger partial charge in [-0.2, -0.15) is 0 Å². The molecule has 5 rings (SSSR count). The van der Waals surface area contributed by atoms with Crippen LogP contribution in [-0.2, 0) is 0 Å². The molecule has 6 heteroatoms. The van der Waals surface area contributed by atoms with Crippen LogP contribution in [-0.4, -0.2) is 55.4 Å². The smallest absolute Gasteiger partial charge is 0.254 e. The van der Waals surface area contributed by atoms with E-state index in [4.69, 9.17) is 14.2 Å². The Kier molecular flexibility index (Phi) is 3.98. The first-order chi connectivity index (χ1) is 13.6. The number of amides is 1. The van der Waals surface area contributed by atoms with Crippen LogP contribution in [0.2, 0.25) is 0 Å². The summed E-state index contributed by atoms with van der Waals surface area (Å²) >= 11 is 0. The van der Waals surface area contributed by atoms with Crippen LogP contribution >= 0.6 is 0 Å². The number of likely N-dealkylation sites (tertiary alicyclic amines) is 1. The highest BCUT2D eigenvalue weighted by Gasteiger charge is 2.52. The van der Waals surface area contributed by atoms with Gasteiger partial charge in [-0.25, -0.2) is 0 Å². The molecule has 0 aliphatic carbocycles. The number of carbonyl (C=O) groups excluding carboxylic acids is 1. The Hall–Kier alpha value is -2.73. The molecular weight excluding hydrogens is 358 g/mol. The van der Waals surface area contributed by atoms with Gasteiger partial charge in [-0.15, -0.1) is 0 Å². The van der Waals surface area contributed by atoms with Crippen LogP contribution in [0.3, 0.4) is 0 Å². The fourth-order valence-corrected chi connectivity index (χ4v) is 4.62. The molecule has 3 heterocycles. The van der Waals surface area contributed by atoms with Gasteiger partial charge in [0.1, 0.15) is 19.0 Å². The molecule has 6 nitrogen and oxygen atoms in total. The second-order valence-corrected chi connectivity index (χ2v) is 7.90. The number of benzene rings is 2. The lowest BCUT2D eigenvalue weighted by atomic mass is 9.74. The van der Waals surface area contributed by atoms with Gasteiger partial charge in [0.15, 0.2) is 11.5 Å². The Morgan fingerprint density at radius 2 is 1.89 bits per heavy atom. The number of aliphatic hydroxyl groups is 1. The summed E-state index contributed by atoms with van der Waals surface area (Å²) in [6, 6.07) is 11.6. The summed E-state index contributed by atoms with van der Waals surface area (Å²) in [4.78, 5) is 15.2. The first-order valence-electron chi connectivity index (χ1n) is 9.63. The van der Waals surface area contributed by atoms with Crippen molar-refractivity contribution in [1.82, 2.24) is 4.90 Å². The fraction of sp³-hybridized carbons (Fsp3) is 0.409. The van der Waals surface area contributed by atoms with Crippen molar-refractivity contribution in [1.29, 1.82) is 0 Å². The Morgan fingerprint density at radius 1 is 1.14 bits per heavy atom. The molecule has 28 heavy (non-hydrogen) atoms. The van der Waals surface area contributed by atoms with E-state index in [0.29, 0.717) is 50.0 Å². The van der Waals surface area contributed by atoms with Gasteiger partial charge in [-0.3, -0.25) is 4.79 Å². The van der Waals surface area contributed by atoms with Gasteiger partial charge in [-0.05, 0) is 36.2 Å². The van der Waals surface area contributed by atoms with Crippen molar-refractivity contribution in [3.8, 4) is 17.2 Å². The number of hydrogen-bond acceptors (Lipinski definition) is 5. The lowest BCUT2D eigenvalue weighted by molar-refractivity contribution is 0.0440. The predicted molar refractivity (Wildman–Crippen MR) is 102 cm³/mol. The van der Waals surface area contributed by atoms with Crippen molar-refractivity contribution in [3.05, 3.63) is 53.1 Å². The highest BCUT2D eigenvalue weighted by Crippen LogP contribution is 2.49. The van der Waals surface area contributed by atoms with E-state index in [0.717, 1.165) is 16.9 Å². The molecule has 1 amide bonds. The molecule has 3 aliphatic rings. The van der Waals surface area contributed by atoms with Gasteiger partial charge in [0.2, 0.25) is 0 Å². The second kappa shape index (κ2) is 6.41. The minimum Gasteiger partial charge on any atom is -0.493 e. The zero-order valence-electron chi connectivity index (χ0n) is 15.8. The molecule has 0 bridgehead atoms. The molecule has 2 unspecified atom stereocenters. The Balaban J connectivity index is 1.48. The third-order valence-corrected chi connectivity index (χ3v) is 6.18. The Morgan fingerprint density at radius 3 is 2.68 bits per heavy atom. The van der Waals surface area contributed by atoms with Crippen LogP contribution in [0.4, 0.5) is 0 Å². The molecule has 146 valence electrons. The molecule has 0 saturated carbocycles. The minimum atomic E-state index is -0.467. The normalized spacial score (nSPS) is 24.9. The highest BCUT2D eigenvalue weighted by molar-refractivity contribution is 5.96. The van der Waals surface area contributed by atoms with Gasteiger partial charge < -0.3 is 24.2 Å². The number of ether oxygens (including phenoxy) is 3. The number of carbonyl (C=O) groups is 1. The van der Waals surface area contributed by atoms with E-state index >= 15 is 0 Å². The topological polar surface area (TPSA) is 68.2 Å². The maximum absolute atomic E-state index is 13.4. The highest BCUT2D eigenvalue weighted by atomic mass is 16.6. The molecule has 3 aliphatic heterocycles. The monoisotopic (exact) mass is 381 g/mol. The predicted octanol–water partition coefficient (Wildman–Crippen LogP) is 2.38. The second-order valence-electron chi connectivity index (χ2n) is 7.90. The van der Waals surface area contributed by atoms with Gasteiger partial charge in [0.05, 0.1) is 18.6 Å². The van der Waals surface area contributed by atoms with E-state index in [9.17, 15) is 9.90 Å². The number of hydrogen-bond donors (Lipinski definition) is 1. The first kappa shape index (κ1) is 17.4. The molecule has 2 atom stereocenters. The van der Waals surface area contributed by atoms with Gasteiger partial charge in [-0.1, -0.05) is 18.2 Å². The third kappa shape index (κ3) is 2.55. The fourth-order valence-electron chi connectivity index (χ4n) is 4.62. The summed E-state index contributed by atoms with van der Waals surface area (Å²) in [6.07, 6.45) is 0. The molecular formula is C22H23NO5. The summed E-state index contributed by atoms with van der Waals surface area (Å²) in [5, 5.41) is 10.2. The number of aryl methyl sites for hydroxylation is 1. The van der Waals surface area contributed by atoms with Crippen LogP contribution in [0.1, 0.15) is 27.4 Å². The maximum Gasteiger partial charge on any atom is 0.254 e. The molecule has 1 N–H and O–H groups in total. The first-order valence-corrected chi connectivity index (χ1v) is 9.63. The minimum absolute atomic E-state index is 0.0180. The standard InChI is InChI=1S/C22H23NO5/c1-14-8-19-20(27-7-6-26-19)9-16(14)21(25)23-10-17-15-4-2-3-5-18(15)28-13-22(17,11-23)12-24/h2-5,8-9,17,24H,6-7,10-13H2,1H3. The van der Waals surface area contributed by atoms with Gasteiger partial charge >= 0.3 is 0 Å². The maximum atomic E-state index is 13.4. The van der Waals surface area contributed by atoms with Crippen molar-refractivity contribution in [3.63, 3.8) is 0 Å². The summed E-state index contributed by atoms with van der Waals surface area (Å²) in [7, 11) is 0. The van der Waals surface area contributed by atoms with Crippen molar-refractivity contribution in [2.45, 2.75) is 12.8 Å². The molecule has 1 saturated heterocycles. The largest absolute Gasteiger partial charge is 0.493 e. The molecule has 1 fully saturated rings. The van der Waals surface area contributed by atoms with E-state index in [1.165, 1.54) is 0 Å². The zero-order chi connectivity index (χ0) is 19.3. The average molecular weight is 381 g/mol. The van der Waals surface area contributed by atoms with E-state index < -0.39 is 5.41 Å². The Bertz CT molecular complexity index is 943. The summed E-state index contributed by atoms with van der Waals surface area (Å²) in [6.45, 7) is 4.34. The SMILES string of the molecule is Cc1cc2c(cc1C(=O)N1CC3c4ccccc4OCC3(CO)C1)OCCO2. The summed E-state index contributed by atoms with van der Waals surface area (Å²) < 4.78 is 17.2. The van der Waals surface area contributed by atoms with E-state index in [1.54, 1.807) is 6.07 Å². The molecule has 2 aromatic carbocycles. The van der Waals surface area contributed by atoms with Crippen LogP contribution < -0.4 is 14.2 Å². The van der Waals surface area contributed by atoms with Crippen molar-refractivity contribution >= 4 is 5.91 Å². The quantitative estimate of drug-likeness (QED) is 0.865. The number of aliphatic hydroxyl groups excluding tert-OH is 1. The summed E-state index contributed by atoms with van der Waals surface area (Å²) in [5.74, 6) is 2.16. The van der Waals surface area contributed by atoms with Gasteiger partial charge in [0, 0.05) is 24.6 Å². The van der Waals surface area contributed by atoms with Gasteiger partial charge in [0.25, 0.3) is 5.91 Å². The average Bonchev–Trinajstić information content (AvgIpc) is 3.14. The number of fused-ring (bicyclic) bond motifs is 4. The zero-order valence-corrected chi connectivity index (χ0v) is 15.8. The molecule has 0 radical (unpaired) electrons. The number of para-hydroxylation sites is 1. The molecule has 0 spiro atoms. The lowest BCUT2D eigenvalue weighted by Gasteiger charge is -2.37. The van der Waals surface area contributed by atoms with E-state index in [1.807, 2.05) is 42.2 Å². The van der Waals surface area contributed by atoms with E-state index in [2.05, 4.69) is 0 Å². The lowest BCUT2D eigenvalue weighted by Crippen LogP contribution is -2.42. The van der Waals surface area contributed by atoms with Crippen molar-refractivity contribution in [2.24, 2.45) is 5.41 Å². The van der Waals surface area contributed by atoms with Crippen LogP contribution in [0, 0.1) is 12.3 Å². The van der Waals surface area contributed by atoms with Crippen molar-refractivity contribution < 1.29 is 24.1 Å². The number of rotatable bonds is 2.